The Labute approximate surface area is 114 Å². The summed E-state index contributed by atoms with van der Waals surface area (Å²) in [6.07, 6.45) is 0. The Kier molecular flexibility index (Phi) is 4.21. The van der Waals surface area contributed by atoms with E-state index < -0.39 is 0 Å². The number of amides is 1. The molecule has 0 saturated carbocycles. The summed E-state index contributed by atoms with van der Waals surface area (Å²) in [6, 6.07) is 5.76. The predicted molar refractivity (Wildman–Crippen MR) is 71.7 cm³/mol. The molecule has 0 radical (unpaired) electrons. The third-order valence-electron chi connectivity index (χ3n) is 2.44. The molecule has 0 fully saturated rings. The summed E-state index contributed by atoms with van der Waals surface area (Å²) < 4.78 is 18.3. The second-order valence-corrected chi connectivity index (χ2v) is 4.90. The molecule has 0 spiro atoms. The number of carbonyl (C=O) groups is 1. The summed E-state index contributed by atoms with van der Waals surface area (Å²) >= 11 is 1.20. The van der Waals surface area contributed by atoms with Gasteiger partial charge in [-0.25, -0.2) is 9.37 Å². The molecule has 1 amide bonds. The van der Waals surface area contributed by atoms with Crippen LogP contribution in [0.25, 0.3) is 0 Å². The molecular formula is C13H13FN2O2S. The molecule has 4 nitrogen and oxygen atoms in total. The molecule has 19 heavy (non-hydrogen) atoms. The van der Waals surface area contributed by atoms with Crippen LogP contribution in [0.2, 0.25) is 0 Å². The number of benzene rings is 1. The Morgan fingerprint density at radius 2 is 2.26 bits per heavy atom. The van der Waals surface area contributed by atoms with Crippen molar-refractivity contribution in [3.05, 3.63) is 41.5 Å². The maximum Gasteiger partial charge on any atom is 0.256 e. The molecular weight excluding hydrogens is 267 g/mol. The van der Waals surface area contributed by atoms with Crippen molar-refractivity contribution in [2.75, 3.05) is 11.1 Å². The highest BCUT2D eigenvalue weighted by Gasteiger charge is 2.09. The quantitative estimate of drug-likeness (QED) is 0.874. The number of halogens is 1. The second-order valence-electron chi connectivity index (χ2n) is 3.97. The van der Waals surface area contributed by atoms with E-state index in [4.69, 9.17) is 4.42 Å². The van der Waals surface area contributed by atoms with Gasteiger partial charge in [0.05, 0.1) is 11.4 Å². The van der Waals surface area contributed by atoms with Gasteiger partial charge in [0, 0.05) is 5.69 Å². The first-order valence-electron chi connectivity index (χ1n) is 5.67. The number of thioether (sulfide) groups is 1. The van der Waals surface area contributed by atoms with Gasteiger partial charge >= 0.3 is 0 Å². The molecule has 0 atom stereocenters. The summed E-state index contributed by atoms with van der Waals surface area (Å²) in [5.74, 6) is 0.289. The van der Waals surface area contributed by atoms with Crippen LogP contribution in [0.4, 0.5) is 10.1 Å². The first-order valence-corrected chi connectivity index (χ1v) is 6.65. The van der Waals surface area contributed by atoms with E-state index in [9.17, 15) is 9.18 Å². The van der Waals surface area contributed by atoms with Crippen LogP contribution in [0.5, 0.6) is 0 Å². The Balaban J connectivity index is 1.88. The zero-order valence-electron chi connectivity index (χ0n) is 10.6. The maximum atomic E-state index is 12.9. The lowest BCUT2D eigenvalue weighted by Gasteiger charge is -2.03. The minimum absolute atomic E-state index is 0.163. The number of hydrogen-bond donors (Lipinski definition) is 1. The molecule has 0 aliphatic heterocycles. The Hall–Kier alpha value is -1.82. The number of oxazole rings is 1. The number of rotatable bonds is 4. The van der Waals surface area contributed by atoms with Gasteiger partial charge in [0.25, 0.3) is 5.22 Å². The topological polar surface area (TPSA) is 55.1 Å². The van der Waals surface area contributed by atoms with Crippen LogP contribution >= 0.6 is 11.8 Å². The normalized spacial score (nSPS) is 10.5. The Morgan fingerprint density at radius 3 is 2.89 bits per heavy atom. The monoisotopic (exact) mass is 280 g/mol. The first-order chi connectivity index (χ1) is 9.04. The van der Waals surface area contributed by atoms with E-state index in [0.717, 1.165) is 11.5 Å². The highest BCUT2D eigenvalue weighted by Crippen LogP contribution is 2.20. The van der Waals surface area contributed by atoms with Crippen molar-refractivity contribution in [2.45, 2.75) is 19.1 Å². The SMILES string of the molecule is Cc1nc(SCC(=O)Nc2cccc(F)c2)oc1C. The maximum absolute atomic E-state index is 12.9. The fraction of sp³-hybridized carbons (Fsp3) is 0.231. The fourth-order valence-electron chi connectivity index (χ4n) is 1.40. The van der Waals surface area contributed by atoms with Gasteiger partial charge in [0.2, 0.25) is 5.91 Å². The van der Waals surface area contributed by atoms with Crippen molar-refractivity contribution < 1.29 is 13.6 Å². The number of nitrogens with one attached hydrogen (secondary N) is 1. The minimum atomic E-state index is -0.385. The molecule has 100 valence electrons. The lowest BCUT2D eigenvalue weighted by atomic mass is 10.3. The molecule has 1 heterocycles. The molecule has 0 saturated heterocycles. The van der Waals surface area contributed by atoms with Gasteiger partial charge in [-0.15, -0.1) is 0 Å². The Morgan fingerprint density at radius 1 is 1.47 bits per heavy atom. The predicted octanol–water partition coefficient (Wildman–Crippen LogP) is 3.16. The zero-order valence-corrected chi connectivity index (χ0v) is 11.4. The Bertz CT molecular complexity index is 579. The molecule has 1 N–H and O–H groups in total. The average Bonchev–Trinajstić information content (AvgIpc) is 2.66. The molecule has 0 aliphatic rings. The standard InChI is InChI=1S/C13H13FN2O2S/c1-8-9(2)18-13(15-8)19-7-12(17)16-11-5-3-4-10(14)6-11/h3-6H,7H2,1-2H3,(H,16,17). The molecule has 6 heteroatoms. The number of hydrogen-bond acceptors (Lipinski definition) is 4. The number of aromatic nitrogens is 1. The van der Waals surface area contributed by atoms with Gasteiger partial charge in [-0.05, 0) is 32.0 Å². The smallest absolute Gasteiger partial charge is 0.256 e. The lowest BCUT2D eigenvalue weighted by Crippen LogP contribution is -2.14. The average molecular weight is 280 g/mol. The molecule has 1 aromatic carbocycles. The van der Waals surface area contributed by atoms with E-state index in [2.05, 4.69) is 10.3 Å². The summed E-state index contributed by atoms with van der Waals surface area (Å²) in [5.41, 5.74) is 1.25. The fourth-order valence-corrected chi connectivity index (χ4v) is 2.11. The van der Waals surface area contributed by atoms with E-state index >= 15 is 0 Å². The van der Waals surface area contributed by atoms with Crippen LogP contribution in [0.15, 0.2) is 33.9 Å². The second kappa shape index (κ2) is 5.88. The van der Waals surface area contributed by atoms with Crippen LogP contribution in [0.1, 0.15) is 11.5 Å². The van der Waals surface area contributed by atoms with Crippen molar-refractivity contribution in [1.29, 1.82) is 0 Å². The van der Waals surface area contributed by atoms with Crippen LogP contribution in [-0.2, 0) is 4.79 Å². The largest absolute Gasteiger partial charge is 0.437 e. The highest BCUT2D eigenvalue weighted by atomic mass is 32.2. The molecule has 2 aromatic rings. The van der Waals surface area contributed by atoms with Crippen molar-refractivity contribution in [3.8, 4) is 0 Å². The summed E-state index contributed by atoms with van der Waals surface area (Å²) in [4.78, 5) is 15.8. The van der Waals surface area contributed by atoms with Crippen molar-refractivity contribution >= 4 is 23.4 Å². The van der Waals surface area contributed by atoms with Gasteiger partial charge in [-0.1, -0.05) is 17.8 Å². The third-order valence-corrected chi connectivity index (χ3v) is 3.27. The van der Waals surface area contributed by atoms with E-state index in [1.54, 1.807) is 12.1 Å². The molecule has 0 bridgehead atoms. The minimum Gasteiger partial charge on any atom is -0.437 e. The number of anilines is 1. The van der Waals surface area contributed by atoms with Crippen molar-refractivity contribution in [3.63, 3.8) is 0 Å². The van der Waals surface area contributed by atoms with Gasteiger partial charge in [0.1, 0.15) is 11.6 Å². The summed E-state index contributed by atoms with van der Waals surface area (Å²) in [6.45, 7) is 3.66. The van der Waals surface area contributed by atoms with E-state index in [-0.39, 0.29) is 17.5 Å². The van der Waals surface area contributed by atoms with E-state index in [1.165, 1.54) is 23.9 Å². The van der Waals surface area contributed by atoms with Gasteiger partial charge in [-0.3, -0.25) is 4.79 Å². The van der Waals surface area contributed by atoms with Gasteiger partial charge in [0.15, 0.2) is 0 Å². The van der Waals surface area contributed by atoms with E-state index in [0.29, 0.717) is 10.9 Å². The highest BCUT2D eigenvalue weighted by molar-refractivity contribution is 7.99. The van der Waals surface area contributed by atoms with Crippen molar-refractivity contribution in [1.82, 2.24) is 4.98 Å². The van der Waals surface area contributed by atoms with Gasteiger partial charge < -0.3 is 9.73 Å². The molecule has 1 aromatic heterocycles. The third kappa shape index (κ3) is 3.82. The zero-order chi connectivity index (χ0) is 13.8. The lowest BCUT2D eigenvalue weighted by molar-refractivity contribution is -0.113. The van der Waals surface area contributed by atoms with Crippen molar-refractivity contribution in [2.24, 2.45) is 0 Å². The van der Waals surface area contributed by atoms with Crippen LogP contribution in [-0.4, -0.2) is 16.6 Å². The first kappa shape index (κ1) is 13.6. The molecule has 0 aliphatic carbocycles. The van der Waals surface area contributed by atoms with Gasteiger partial charge in [-0.2, -0.15) is 0 Å². The number of carbonyl (C=O) groups excluding carboxylic acids is 1. The number of aryl methyl sites for hydroxylation is 2. The summed E-state index contributed by atoms with van der Waals surface area (Å²) in [7, 11) is 0. The van der Waals surface area contributed by atoms with E-state index in [1.807, 2.05) is 13.8 Å². The number of nitrogens with zero attached hydrogens (tertiary/aromatic N) is 1. The van der Waals surface area contributed by atoms with Crippen LogP contribution < -0.4 is 5.32 Å². The molecule has 0 unspecified atom stereocenters. The summed E-state index contributed by atoms with van der Waals surface area (Å²) in [5, 5.41) is 3.07. The molecule has 2 rings (SSSR count). The van der Waals surface area contributed by atoms with Crippen LogP contribution in [0.3, 0.4) is 0 Å². The van der Waals surface area contributed by atoms with Crippen LogP contribution in [0, 0.1) is 19.7 Å².